The Bertz CT molecular complexity index is 461. The zero-order valence-corrected chi connectivity index (χ0v) is 10.5. The average molecular weight is 249 g/mol. The van der Waals surface area contributed by atoms with Crippen molar-refractivity contribution in [3.63, 3.8) is 0 Å². The van der Waals surface area contributed by atoms with Crippen molar-refractivity contribution in [2.45, 2.75) is 6.42 Å². The molecule has 1 aromatic carbocycles. The van der Waals surface area contributed by atoms with Crippen LogP contribution >= 0.6 is 12.2 Å². The van der Waals surface area contributed by atoms with Gasteiger partial charge in [0.25, 0.3) is 0 Å². The SMILES string of the molecule is CN1CCN(C(=O)CC(N)=S)c2ccccc21. The third kappa shape index (κ3) is 2.39. The van der Waals surface area contributed by atoms with Crippen LogP contribution in [-0.2, 0) is 4.79 Å². The number of carbonyl (C=O) groups excluding carboxylic acids is 1. The molecule has 1 aliphatic heterocycles. The minimum Gasteiger partial charge on any atom is -0.393 e. The largest absolute Gasteiger partial charge is 0.393 e. The molecule has 0 saturated heterocycles. The number of thiocarbonyl (C=S) groups is 1. The molecule has 0 atom stereocenters. The van der Waals surface area contributed by atoms with Crippen molar-refractivity contribution in [2.24, 2.45) is 5.73 Å². The van der Waals surface area contributed by atoms with Gasteiger partial charge in [0.1, 0.15) is 0 Å². The van der Waals surface area contributed by atoms with Gasteiger partial charge in [-0.1, -0.05) is 24.4 Å². The van der Waals surface area contributed by atoms with Crippen molar-refractivity contribution in [1.82, 2.24) is 0 Å². The summed E-state index contributed by atoms with van der Waals surface area (Å²) in [5.41, 5.74) is 7.42. The highest BCUT2D eigenvalue weighted by atomic mass is 32.1. The van der Waals surface area contributed by atoms with Gasteiger partial charge < -0.3 is 15.5 Å². The second kappa shape index (κ2) is 4.71. The molecule has 4 nitrogen and oxygen atoms in total. The molecule has 1 amide bonds. The third-order valence-electron chi connectivity index (χ3n) is 2.87. The Morgan fingerprint density at radius 2 is 2.00 bits per heavy atom. The number of fused-ring (bicyclic) bond motifs is 1. The van der Waals surface area contributed by atoms with E-state index in [1.165, 1.54) is 0 Å². The minimum absolute atomic E-state index is 0.0296. The maximum Gasteiger partial charge on any atom is 0.233 e. The Morgan fingerprint density at radius 3 is 2.65 bits per heavy atom. The summed E-state index contributed by atoms with van der Waals surface area (Å²) in [5, 5.41) is 0. The normalized spacial score (nSPS) is 14.4. The summed E-state index contributed by atoms with van der Waals surface area (Å²) in [6.45, 7) is 1.50. The highest BCUT2D eigenvalue weighted by Crippen LogP contribution is 2.31. The first kappa shape index (κ1) is 11.9. The first-order chi connectivity index (χ1) is 8.09. The smallest absolute Gasteiger partial charge is 0.233 e. The predicted molar refractivity (Wildman–Crippen MR) is 73.5 cm³/mol. The lowest BCUT2D eigenvalue weighted by molar-refractivity contribution is -0.117. The number of para-hydroxylation sites is 2. The Hall–Kier alpha value is -1.62. The lowest BCUT2D eigenvalue weighted by atomic mass is 10.1. The number of rotatable bonds is 2. The zero-order valence-electron chi connectivity index (χ0n) is 9.72. The number of hydrogen-bond donors (Lipinski definition) is 1. The van der Waals surface area contributed by atoms with Crippen LogP contribution in [0.25, 0.3) is 0 Å². The van der Waals surface area contributed by atoms with Crippen molar-refractivity contribution in [1.29, 1.82) is 0 Å². The van der Waals surface area contributed by atoms with Crippen LogP contribution in [0, 0.1) is 0 Å². The van der Waals surface area contributed by atoms with Gasteiger partial charge in [-0.05, 0) is 12.1 Å². The molecule has 1 aromatic rings. The summed E-state index contributed by atoms with van der Waals surface area (Å²) in [4.78, 5) is 16.2. The molecule has 0 spiro atoms. The van der Waals surface area contributed by atoms with Crippen LogP contribution in [0.15, 0.2) is 24.3 Å². The summed E-state index contributed by atoms with van der Waals surface area (Å²) in [6, 6.07) is 7.86. The van der Waals surface area contributed by atoms with E-state index < -0.39 is 0 Å². The Balaban J connectivity index is 2.30. The fraction of sp³-hybridized carbons (Fsp3) is 0.333. The lowest BCUT2D eigenvalue weighted by Crippen LogP contribution is -2.43. The van der Waals surface area contributed by atoms with Crippen LogP contribution in [-0.4, -0.2) is 31.0 Å². The van der Waals surface area contributed by atoms with Crippen LogP contribution in [0.3, 0.4) is 0 Å². The summed E-state index contributed by atoms with van der Waals surface area (Å²) in [6.07, 6.45) is 0.132. The van der Waals surface area contributed by atoms with E-state index in [9.17, 15) is 4.79 Å². The second-order valence-corrected chi connectivity index (χ2v) is 4.62. The van der Waals surface area contributed by atoms with Crippen LogP contribution in [0.4, 0.5) is 11.4 Å². The van der Waals surface area contributed by atoms with Gasteiger partial charge >= 0.3 is 0 Å². The number of carbonyl (C=O) groups is 1. The number of anilines is 2. The molecule has 90 valence electrons. The van der Waals surface area contributed by atoms with Crippen LogP contribution < -0.4 is 15.5 Å². The molecule has 17 heavy (non-hydrogen) atoms. The van der Waals surface area contributed by atoms with Gasteiger partial charge in [0.05, 0.1) is 22.8 Å². The molecular weight excluding hydrogens is 234 g/mol. The standard InChI is InChI=1S/C12H15N3OS/c1-14-6-7-15(12(16)8-11(13)17)10-5-3-2-4-9(10)14/h2-5H,6-8H2,1H3,(H2,13,17). The molecule has 1 aliphatic rings. The Morgan fingerprint density at radius 1 is 1.35 bits per heavy atom. The van der Waals surface area contributed by atoms with E-state index in [0.29, 0.717) is 6.54 Å². The van der Waals surface area contributed by atoms with Crippen molar-refractivity contribution < 1.29 is 4.79 Å². The summed E-state index contributed by atoms with van der Waals surface area (Å²) in [7, 11) is 2.02. The first-order valence-electron chi connectivity index (χ1n) is 5.48. The fourth-order valence-corrected chi connectivity index (χ4v) is 2.13. The number of benzene rings is 1. The van der Waals surface area contributed by atoms with Crippen LogP contribution in [0.1, 0.15) is 6.42 Å². The van der Waals surface area contributed by atoms with Crippen molar-refractivity contribution in [3.05, 3.63) is 24.3 Å². The quantitative estimate of drug-likeness (QED) is 0.799. The molecule has 0 unspecified atom stereocenters. The van der Waals surface area contributed by atoms with Crippen LogP contribution in [0.2, 0.25) is 0 Å². The van der Waals surface area contributed by atoms with Gasteiger partial charge in [-0.2, -0.15) is 0 Å². The maximum absolute atomic E-state index is 12.0. The monoisotopic (exact) mass is 249 g/mol. The molecular formula is C12H15N3OS. The second-order valence-electron chi connectivity index (χ2n) is 4.10. The zero-order chi connectivity index (χ0) is 12.4. The summed E-state index contributed by atoms with van der Waals surface area (Å²) in [5.74, 6) is -0.0296. The molecule has 1 heterocycles. The van der Waals surface area contributed by atoms with E-state index in [1.807, 2.05) is 31.3 Å². The molecule has 0 bridgehead atoms. The Kier molecular flexibility index (Phi) is 3.28. The molecule has 2 N–H and O–H groups in total. The van der Waals surface area contributed by atoms with Gasteiger partial charge in [0, 0.05) is 20.1 Å². The number of hydrogen-bond acceptors (Lipinski definition) is 3. The maximum atomic E-state index is 12.0. The molecule has 0 aromatic heterocycles. The number of nitrogens with zero attached hydrogens (tertiary/aromatic N) is 2. The average Bonchev–Trinajstić information content (AvgIpc) is 2.29. The number of nitrogens with two attached hydrogens (primary N) is 1. The first-order valence-corrected chi connectivity index (χ1v) is 5.89. The summed E-state index contributed by atoms with van der Waals surface area (Å²) >= 11 is 4.78. The molecule has 0 fully saturated rings. The molecule has 0 saturated carbocycles. The lowest BCUT2D eigenvalue weighted by Gasteiger charge is -2.35. The Labute approximate surface area is 106 Å². The predicted octanol–water partition coefficient (Wildman–Crippen LogP) is 1.15. The van der Waals surface area contributed by atoms with E-state index >= 15 is 0 Å². The third-order valence-corrected chi connectivity index (χ3v) is 3.01. The highest BCUT2D eigenvalue weighted by Gasteiger charge is 2.24. The fourth-order valence-electron chi connectivity index (χ4n) is 2.01. The van der Waals surface area contributed by atoms with Gasteiger partial charge in [0.2, 0.25) is 5.91 Å². The highest BCUT2D eigenvalue weighted by molar-refractivity contribution is 7.80. The topological polar surface area (TPSA) is 49.6 Å². The minimum atomic E-state index is -0.0296. The van der Waals surface area contributed by atoms with E-state index in [-0.39, 0.29) is 17.3 Å². The van der Waals surface area contributed by atoms with Gasteiger partial charge in [-0.3, -0.25) is 4.79 Å². The van der Waals surface area contributed by atoms with Crippen molar-refractivity contribution in [3.8, 4) is 0 Å². The number of amides is 1. The van der Waals surface area contributed by atoms with Crippen LogP contribution in [0.5, 0.6) is 0 Å². The van der Waals surface area contributed by atoms with E-state index in [0.717, 1.165) is 17.9 Å². The van der Waals surface area contributed by atoms with Crippen molar-refractivity contribution >= 4 is 34.5 Å². The van der Waals surface area contributed by atoms with Gasteiger partial charge in [-0.15, -0.1) is 0 Å². The van der Waals surface area contributed by atoms with Crippen molar-refractivity contribution in [2.75, 3.05) is 29.9 Å². The summed E-state index contributed by atoms with van der Waals surface area (Å²) < 4.78 is 0. The van der Waals surface area contributed by atoms with E-state index in [1.54, 1.807) is 4.90 Å². The molecule has 5 heteroatoms. The molecule has 0 radical (unpaired) electrons. The van der Waals surface area contributed by atoms with E-state index in [4.69, 9.17) is 18.0 Å². The van der Waals surface area contributed by atoms with E-state index in [2.05, 4.69) is 4.90 Å². The van der Waals surface area contributed by atoms with Gasteiger partial charge in [-0.25, -0.2) is 0 Å². The molecule has 0 aliphatic carbocycles. The number of likely N-dealkylation sites (N-methyl/N-ethyl adjacent to an activating group) is 1. The molecule has 2 rings (SSSR count). The van der Waals surface area contributed by atoms with Gasteiger partial charge in [0.15, 0.2) is 0 Å².